The molecule has 0 aliphatic rings. The van der Waals surface area contributed by atoms with E-state index in [1.807, 2.05) is 0 Å². The summed E-state index contributed by atoms with van der Waals surface area (Å²) in [5, 5.41) is 11.2. The van der Waals surface area contributed by atoms with Crippen molar-refractivity contribution in [3.63, 3.8) is 0 Å². The molecule has 0 aliphatic heterocycles. The number of halogens is 1. The van der Waals surface area contributed by atoms with Crippen LogP contribution in [-0.4, -0.2) is 24.6 Å². The molecule has 0 unspecified atom stereocenters. The summed E-state index contributed by atoms with van der Waals surface area (Å²) in [7, 11) is 1.45. The molecule has 0 amide bonds. The standard InChI is InChI=1S/C12H14BrNO5/c1-3-19-12(15)6-8-9(7-13)10(14(16)17)4-5-11(8)18-2/h4-5H,3,6-7H2,1-2H3. The molecule has 0 saturated heterocycles. The second-order valence-electron chi connectivity index (χ2n) is 3.62. The van der Waals surface area contributed by atoms with Crippen LogP contribution >= 0.6 is 15.9 Å². The Morgan fingerprint density at radius 2 is 2.11 bits per heavy atom. The normalized spacial score (nSPS) is 10.1. The van der Waals surface area contributed by atoms with E-state index in [0.717, 1.165) is 0 Å². The molecule has 0 saturated carbocycles. The van der Waals surface area contributed by atoms with E-state index < -0.39 is 10.9 Å². The summed E-state index contributed by atoms with van der Waals surface area (Å²) < 4.78 is 10.0. The number of hydrogen-bond acceptors (Lipinski definition) is 5. The summed E-state index contributed by atoms with van der Waals surface area (Å²) in [6.07, 6.45) is -0.0559. The second-order valence-corrected chi connectivity index (χ2v) is 4.18. The molecule has 1 aromatic rings. The van der Waals surface area contributed by atoms with Gasteiger partial charge in [-0.05, 0) is 13.0 Å². The van der Waals surface area contributed by atoms with Crippen molar-refractivity contribution in [2.75, 3.05) is 13.7 Å². The molecule has 0 aromatic heterocycles. The van der Waals surface area contributed by atoms with Crippen LogP contribution in [0.4, 0.5) is 5.69 Å². The van der Waals surface area contributed by atoms with Crippen LogP contribution < -0.4 is 4.74 Å². The largest absolute Gasteiger partial charge is 0.496 e. The Morgan fingerprint density at radius 1 is 1.42 bits per heavy atom. The van der Waals surface area contributed by atoms with Gasteiger partial charge in [-0.2, -0.15) is 0 Å². The first-order valence-electron chi connectivity index (χ1n) is 5.59. The molecule has 0 N–H and O–H groups in total. The molecule has 0 radical (unpaired) electrons. The maximum Gasteiger partial charge on any atom is 0.310 e. The lowest BCUT2D eigenvalue weighted by atomic mass is 10.0. The number of carbonyl (C=O) groups excluding carboxylic acids is 1. The van der Waals surface area contributed by atoms with Gasteiger partial charge in [0, 0.05) is 22.5 Å². The number of rotatable bonds is 6. The lowest BCUT2D eigenvalue weighted by Gasteiger charge is -2.12. The van der Waals surface area contributed by atoms with E-state index in [1.165, 1.54) is 19.2 Å². The van der Waals surface area contributed by atoms with Crippen molar-refractivity contribution in [2.24, 2.45) is 0 Å². The molecule has 0 fully saturated rings. The Balaban J connectivity index is 3.27. The smallest absolute Gasteiger partial charge is 0.310 e. The van der Waals surface area contributed by atoms with E-state index in [-0.39, 0.29) is 24.0 Å². The van der Waals surface area contributed by atoms with Crippen LogP contribution in [0.2, 0.25) is 0 Å². The molecule has 7 heteroatoms. The Kier molecular flexibility index (Phi) is 5.75. The molecule has 0 heterocycles. The molecule has 1 aromatic carbocycles. The highest BCUT2D eigenvalue weighted by atomic mass is 79.9. The minimum atomic E-state index is -0.481. The summed E-state index contributed by atoms with van der Waals surface area (Å²) in [6.45, 7) is 1.97. The van der Waals surface area contributed by atoms with Gasteiger partial charge in [0.05, 0.1) is 25.1 Å². The van der Waals surface area contributed by atoms with Gasteiger partial charge in [0.15, 0.2) is 0 Å². The zero-order chi connectivity index (χ0) is 14.4. The second kappa shape index (κ2) is 7.08. The fourth-order valence-electron chi connectivity index (χ4n) is 1.72. The first-order chi connectivity index (χ1) is 9.04. The van der Waals surface area contributed by atoms with E-state index in [2.05, 4.69) is 15.9 Å². The highest BCUT2D eigenvalue weighted by Gasteiger charge is 2.22. The van der Waals surface area contributed by atoms with Gasteiger partial charge in [-0.15, -0.1) is 0 Å². The minimum Gasteiger partial charge on any atom is -0.496 e. The fourth-order valence-corrected chi connectivity index (χ4v) is 2.35. The van der Waals surface area contributed by atoms with Crippen molar-refractivity contribution in [1.82, 2.24) is 0 Å². The van der Waals surface area contributed by atoms with Crippen molar-refractivity contribution < 1.29 is 19.2 Å². The van der Waals surface area contributed by atoms with E-state index in [1.54, 1.807) is 6.92 Å². The predicted molar refractivity (Wildman–Crippen MR) is 72.6 cm³/mol. The van der Waals surface area contributed by atoms with Gasteiger partial charge in [-0.1, -0.05) is 15.9 Å². The average molecular weight is 332 g/mol. The number of benzene rings is 1. The molecule has 0 atom stereocenters. The van der Waals surface area contributed by atoms with E-state index in [9.17, 15) is 14.9 Å². The van der Waals surface area contributed by atoms with Crippen LogP contribution in [0.5, 0.6) is 5.75 Å². The molecular weight excluding hydrogens is 318 g/mol. The molecule has 0 spiro atoms. The Hall–Kier alpha value is -1.63. The number of alkyl halides is 1. The first-order valence-corrected chi connectivity index (χ1v) is 6.72. The molecule has 6 nitrogen and oxygen atoms in total. The third-order valence-corrected chi connectivity index (χ3v) is 3.10. The summed E-state index contributed by atoms with van der Waals surface area (Å²) in [5.41, 5.74) is 0.862. The fraction of sp³-hybridized carbons (Fsp3) is 0.417. The van der Waals surface area contributed by atoms with Crippen molar-refractivity contribution >= 4 is 27.6 Å². The van der Waals surface area contributed by atoms with Crippen LogP contribution in [-0.2, 0) is 21.3 Å². The average Bonchev–Trinajstić information content (AvgIpc) is 2.38. The zero-order valence-corrected chi connectivity index (χ0v) is 12.2. The maximum absolute atomic E-state index is 11.6. The van der Waals surface area contributed by atoms with Crippen LogP contribution in [0.3, 0.4) is 0 Å². The number of ether oxygens (including phenoxy) is 2. The van der Waals surface area contributed by atoms with Crippen molar-refractivity contribution in [2.45, 2.75) is 18.7 Å². The predicted octanol–water partition coefficient (Wildman–Crippen LogP) is 2.60. The minimum absolute atomic E-state index is 0.0445. The van der Waals surface area contributed by atoms with Crippen molar-refractivity contribution in [3.8, 4) is 5.75 Å². The number of nitrogens with zero attached hydrogens (tertiary/aromatic N) is 1. The molecule has 104 valence electrons. The summed E-state index contributed by atoms with van der Waals surface area (Å²) >= 11 is 3.21. The van der Waals surface area contributed by atoms with E-state index in [4.69, 9.17) is 9.47 Å². The van der Waals surface area contributed by atoms with Crippen molar-refractivity contribution in [1.29, 1.82) is 0 Å². The molecule has 0 aliphatic carbocycles. The molecule has 1 rings (SSSR count). The Bertz CT molecular complexity index is 489. The number of carbonyl (C=O) groups is 1. The number of methoxy groups -OCH3 is 1. The van der Waals surface area contributed by atoms with Gasteiger partial charge in [0.2, 0.25) is 0 Å². The lowest BCUT2D eigenvalue weighted by Crippen LogP contribution is -2.11. The van der Waals surface area contributed by atoms with Gasteiger partial charge >= 0.3 is 5.97 Å². The van der Waals surface area contributed by atoms with Crippen LogP contribution in [0, 0.1) is 10.1 Å². The van der Waals surface area contributed by atoms with Crippen LogP contribution in [0.1, 0.15) is 18.1 Å². The van der Waals surface area contributed by atoms with Crippen LogP contribution in [0.25, 0.3) is 0 Å². The summed E-state index contributed by atoms with van der Waals surface area (Å²) in [4.78, 5) is 22.1. The monoisotopic (exact) mass is 331 g/mol. The highest BCUT2D eigenvalue weighted by molar-refractivity contribution is 9.08. The van der Waals surface area contributed by atoms with Gasteiger partial charge in [-0.3, -0.25) is 14.9 Å². The third kappa shape index (κ3) is 3.66. The number of nitro benzene ring substituents is 1. The quantitative estimate of drug-likeness (QED) is 0.346. The van der Waals surface area contributed by atoms with Gasteiger partial charge in [0.1, 0.15) is 5.75 Å². The Morgan fingerprint density at radius 3 is 2.58 bits per heavy atom. The third-order valence-electron chi connectivity index (χ3n) is 2.54. The van der Waals surface area contributed by atoms with E-state index >= 15 is 0 Å². The molecule has 19 heavy (non-hydrogen) atoms. The lowest BCUT2D eigenvalue weighted by molar-refractivity contribution is -0.385. The van der Waals surface area contributed by atoms with Gasteiger partial charge in [0.25, 0.3) is 5.69 Å². The first kappa shape index (κ1) is 15.4. The van der Waals surface area contributed by atoms with E-state index in [0.29, 0.717) is 16.9 Å². The van der Waals surface area contributed by atoms with Gasteiger partial charge < -0.3 is 9.47 Å². The summed E-state index contributed by atoms with van der Waals surface area (Å²) in [5.74, 6) is -0.00315. The SMILES string of the molecule is CCOC(=O)Cc1c(OC)ccc([N+](=O)[O-])c1CBr. The maximum atomic E-state index is 11.6. The molecular formula is C12H14BrNO5. The number of hydrogen-bond donors (Lipinski definition) is 0. The summed E-state index contributed by atoms with van der Waals surface area (Å²) in [6, 6.07) is 2.85. The highest BCUT2D eigenvalue weighted by Crippen LogP contribution is 2.32. The molecule has 0 bridgehead atoms. The van der Waals surface area contributed by atoms with Gasteiger partial charge in [-0.25, -0.2) is 0 Å². The van der Waals surface area contributed by atoms with Crippen LogP contribution in [0.15, 0.2) is 12.1 Å². The van der Waals surface area contributed by atoms with Crippen molar-refractivity contribution in [3.05, 3.63) is 33.4 Å². The zero-order valence-electron chi connectivity index (χ0n) is 10.6. The number of esters is 1. The number of nitro groups is 1. The Labute approximate surface area is 119 Å². The topological polar surface area (TPSA) is 78.7 Å².